The largest absolute Gasteiger partial charge is 0.457 e. The molecule has 1 aromatic heterocycles. The average Bonchev–Trinajstić information content (AvgIpc) is 3.26. The standard InChI is InChI=1S/C30H41NO5S/c1-18-10-9-13-22-11-7-8-12-23(22)15-25(19(2)14-24-17-37-21(4)31-24)36-27(33)16-26(32)30(5,6)29(35)20(3)28(18)34/h7-8,11-12,14,17-18,20,25-26,28,32,34H,9-10,13,15-16H2,1-6H3/b19-14+/t18-,20+,25-,26-,28-/m0/s1. The quantitative estimate of drug-likeness (QED) is 0.513. The number of Topliss-reactive ketones (excluding diaryl/α,β-unsaturated/α-hetero) is 1. The Morgan fingerprint density at radius 1 is 1.14 bits per heavy atom. The Hall–Kier alpha value is -2.35. The summed E-state index contributed by atoms with van der Waals surface area (Å²) in [6, 6.07) is 8.16. The second kappa shape index (κ2) is 12.5. The third kappa shape index (κ3) is 7.37. The van der Waals surface area contributed by atoms with Crippen molar-refractivity contribution < 1.29 is 24.5 Å². The maximum absolute atomic E-state index is 13.3. The van der Waals surface area contributed by atoms with Crippen LogP contribution in [0.4, 0.5) is 0 Å². The highest BCUT2D eigenvalue weighted by molar-refractivity contribution is 7.09. The number of thiazole rings is 1. The molecule has 1 aliphatic rings. The number of nitrogens with zero attached hydrogens (tertiary/aromatic N) is 1. The Balaban J connectivity index is 1.97. The summed E-state index contributed by atoms with van der Waals surface area (Å²) in [6.07, 6.45) is 2.01. The number of benzene rings is 1. The number of aromatic nitrogens is 1. The fraction of sp³-hybridized carbons (Fsp3) is 0.567. The van der Waals surface area contributed by atoms with Crippen molar-refractivity contribution in [1.82, 2.24) is 4.98 Å². The summed E-state index contributed by atoms with van der Waals surface area (Å²) in [5.41, 5.74) is 2.77. The van der Waals surface area contributed by atoms with E-state index in [2.05, 4.69) is 17.1 Å². The lowest BCUT2D eigenvalue weighted by Crippen LogP contribution is -2.45. The van der Waals surface area contributed by atoms with Gasteiger partial charge in [-0.25, -0.2) is 4.98 Å². The van der Waals surface area contributed by atoms with Crippen LogP contribution in [0.25, 0.3) is 6.08 Å². The number of fused-ring (bicyclic) bond motifs is 1. The molecule has 2 aromatic rings. The van der Waals surface area contributed by atoms with Crippen molar-refractivity contribution in [1.29, 1.82) is 0 Å². The van der Waals surface area contributed by atoms with Crippen molar-refractivity contribution in [3.8, 4) is 0 Å². The zero-order chi connectivity index (χ0) is 27.3. The third-order valence-electron chi connectivity index (χ3n) is 7.76. The number of rotatable bonds is 2. The minimum Gasteiger partial charge on any atom is -0.457 e. The number of ether oxygens (including phenoxy) is 1. The summed E-state index contributed by atoms with van der Waals surface area (Å²) in [4.78, 5) is 30.9. The van der Waals surface area contributed by atoms with E-state index in [1.165, 1.54) is 5.56 Å². The number of aliphatic hydroxyl groups excluding tert-OH is 2. The first kappa shape index (κ1) is 29.2. The van der Waals surface area contributed by atoms with Gasteiger partial charge in [-0.3, -0.25) is 9.59 Å². The van der Waals surface area contributed by atoms with E-state index in [1.54, 1.807) is 32.1 Å². The molecule has 6 nitrogen and oxygen atoms in total. The lowest BCUT2D eigenvalue weighted by molar-refractivity contribution is -0.154. The van der Waals surface area contributed by atoms with Crippen molar-refractivity contribution in [2.24, 2.45) is 17.3 Å². The molecule has 0 amide bonds. The Bertz CT molecular complexity index is 1120. The van der Waals surface area contributed by atoms with Gasteiger partial charge >= 0.3 is 5.97 Å². The lowest BCUT2D eigenvalue weighted by Gasteiger charge is -2.34. The summed E-state index contributed by atoms with van der Waals surface area (Å²) >= 11 is 1.56. The number of hydrogen-bond donors (Lipinski definition) is 2. The van der Waals surface area contributed by atoms with Crippen LogP contribution in [0.2, 0.25) is 0 Å². The normalized spacial score (nSPS) is 28.4. The zero-order valence-electron chi connectivity index (χ0n) is 22.9. The van der Waals surface area contributed by atoms with Gasteiger partial charge in [0.05, 0.1) is 34.7 Å². The van der Waals surface area contributed by atoms with Gasteiger partial charge in [0, 0.05) is 17.7 Å². The third-order valence-corrected chi connectivity index (χ3v) is 8.55. The zero-order valence-corrected chi connectivity index (χ0v) is 23.7. The van der Waals surface area contributed by atoms with Gasteiger partial charge in [0.15, 0.2) is 0 Å². The molecule has 0 radical (unpaired) electrons. The minimum atomic E-state index is -1.23. The van der Waals surface area contributed by atoms with Gasteiger partial charge in [-0.1, -0.05) is 52.0 Å². The van der Waals surface area contributed by atoms with E-state index in [1.807, 2.05) is 44.4 Å². The van der Waals surface area contributed by atoms with Crippen LogP contribution in [-0.2, 0) is 27.2 Å². The first-order valence-electron chi connectivity index (χ1n) is 13.2. The molecule has 2 N–H and O–H groups in total. The Kier molecular flexibility index (Phi) is 9.84. The molecule has 0 fully saturated rings. The van der Waals surface area contributed by atoms with E-state index < -0.39 is 35.6 Å². The maximum atomic E-state index is 13.3. The molecule has 0 spiro atoms. The smallest absolute Gasteiger partial charge is 0.309 e. The summed E-state index contributed by atoms with van der Waals surface area (Å²) in [5, 5.41) is 24.8. The fourth-order valence-electron chi connectivity index (χ4n) is 5.07. The second-order valence-corrected chi connectivity index (χ2v) is 12.1. The van der Waals surface area contributed by atoms with E-state index in [4.69, 9.17) is 4.74 Å². The van der Waals surface area contributed by atoms with Gasteiger partial charge in [0.2, 0.25) is 0 Å². The number of ketones is 1. The molecular formula is C30H41NO5S. The van der Waals surface area contributed by atoms with E-state index in [-0.39, 0.29) is 18.1 Å². The van der Waals surface area contributed by atoms with E-state index in [0.29, 0.717) is 6.42 Å². The van der Waals surface area contributed by atoms with Crippen molar-refractivity contribution in [3.05, 3.63) is 57.0 Å². The number of aryl methyl sites for hydroxylation is 2. The predicted molar refractivity (Wildman–Crippen MR) is 147 cm³/mol. The van der Waals surface area contributed by atoms with Crippen LogP contribution in [-0.4, -0.2) is 45.3 Å². The highest BCUT2D eigenvalue weighted by atomic mass is 32.1. The van der Waals surface area contributed by atoms with Crippen LogP contribution in [0.3, 0.4) is 0 Å². The summed E-state index contributed by atoms with van der Waals surface area (Å²) < 4.78 is 5.96. The first-order chi connectivity index (χ1) is 17.4. The summed E-state index contributed by atoms with van der Waals surface area (Å²) in [5.74, 6) is -1.55. The van der Waals surface area contributed by atoms with Crippen molar-refractivity contribution in [2.45, 2.75) is 92.0 Å². The number of hydrogen-bond acceptors (Lipinski definition) is 7. The second-order valence-electron chi connectivity index (χ2n) is 11.1. The molecule has 37 heavy (non-hydrogen) atoms. The predicted octanol–water partition coefficient (Wildman–Crippen LogP) is 5.33. The molecule has 0 aliphatic carbocycles. The van der Waals surface area contributed by atoms with Crippen LogP contribution in [0.1, 0.15) is 75.7 Å². The molecule has 7 heteroatoms. The molecule has 5 atom stereocenters. The van der Waals surface area contributed by atoms with Crippen LogP contribution in [0.5, 0.6) is 0 Å². The molecule has 0 bridgehead atoms. The van der Waals surface area contributed by atoms with Crippen molar-refractivity contribution in [2.75, 3.05) is 0 Å². The molecule has 3 rings (SSSR count). The molecule has 0 unspecified atom stereocenters. The van der Waals surface area contributed by atoms with Gasteiger partial charge in [-0.2, -0.15) is 0 Å². The van der Waals surface area contributed by atoms with Gasteiger partial charge in [-0.15, -0.1) is 11.3 Å². The Morgan fingerprint density at radius 3 is 2.46 bits per heavy atom. The Labute approximate surface area is 224 Å². The highest BCUT2D eigenvalue weighted by Gasteiger charge is 2.42. The SMILES string of the molecule is C/C(=C\c1csc(C)n1)[C@@H]1Cc2ccccc2CCC[C@H](C)[C@H](O)[C@@H](C)C(=O)C(C)(C)[C@@H](O)CC(=O)O1. The summed E-state index contributed by atoms with van der Waals surface area (Å²) in [7, 11) is 0. The molecule has 0 saturated carbocycles. The maximum Gasteiger partial charge on any atom is 0.309 e. The monoisotopic (exact) mass is 527 g/mol. The molecule has 0 saturated heterocycles. The van der Waals surface area contributed by atoms with Crippen LogP contribution in [0, 0.1) is 24.2 Å². The number of esters is 1. The number of carbonyl (C=O) groups is 2. The topological polar surface area (TPSA) is 96.7 Å². The Morgan fingerprint density at radius 2 is 1.81 bits per heavy atom. The van der Waals surface area contributed by atoms with E-state index >= 15 is 0 Å². The first-order valence-corrected chi connectivity index (χ1v) is 14.0. The van der Waals surface area contributed by atoms with Crippen molar-refractivity contribution >= 4 is 29.2 Å². The molecule has 1 aromatic carbocycles. The fourth-order valence-corrected chi connectivity index (χ4v) is 5.64. The van der Waals surface area contributed by atoms with Gasteiger partial charge < -0.3 is 14.9 Å². The average molecular weight is 528 g/mol. The van der Waals surface area contributed by atoms with Crippen LogP contribution in [0.15, 0.2) is 35.2 Å². The number of carbonyl (C=O) groups excluding carboxylic acids is 2. The number of aliphatic hydroxyl groups is 2. The van der Waals surface area contributed by atoms with Crippen LogP contribution >= 0.6 is 11.3 Å². The molecule has 1 aliphatic heterocycles. The van der Waals surface area contributed by atoms with Gasteiger partial charge in [0.1, 0.15) is 11.9 Å². The van der Waals surface area contributed by atoms with E-state index in [9.17, 15) is 19.8 Å². The minimum absolute atomic E-state index is 0.0728. The number of cyclic esters (lactones) is 1. The molecular weight excluding hydrogens is 486 g/mol. The molecule has 2 heterocycles. The van der Waals surface area contributed by atoms with Crippen LogP contribution < -0.4 is 0 Å². The lowest BCUT2D eigenvalue weighted by atomic mass is 9.73. The van der Waals surface area contributed by atoms with E-state index in [0.717, 1.165) is 41.1 Å². The summed E-state index contributed by atoms with van der Waals surface area (Å²) in [6.45, 7) is 10.8. The van der Waals surface area contributed by atoms with Crippen molar-refractivity contribution in [3.63, 3.8) is 0 Å². The molecule has 202 valence electrons. The van der Waals surface area contributed by atoms with Gasteiger partial charge in [-0.05, 0) is 61.8 Å². The highest BCUT2D eigenvalue weighted by Crippen LogP contribution is 2.32. The van der Waals surface area contributed by atoms with Gasteiger partial charge in [0.25, 0.3) is 0 Å².